The van der Waals surface area contributed by atoms with Crippen molar-refractivity contribution >= 4 is 29.4 Å². The summed E-state index contributed by atoms with van der Waals surface area (Å²) in [5.41, 5.74) is 3.36. The quantitative estimate of drug-likeness (QED) is 0.897. The van der Waals surface area contributed by atoms with Crippen molar-refractivity contribution in [2.75, 3.05) is 31.1 Å². The lowest BCUT2D eigenvalue weighted by atomic mass is 10.2. The van der Waals surface area contributed by atoms with E-state index >= 15 is 0 Å². The van der Waals surface area contributed by atoms with E-state index in [9.17, 15) is 4.79 Å². The third-order valence-electron chi connectivity index (χ3n) is 4.31. The lowest BCUT2D eigenvalue weighted by Gasteiger charge is -2.36. The SMILES string of the molecule is Cc1cccc(N2CCN(C(=O)N/C=C/c3ccccc3Cl)CC2)c1. The normalized spacial score (nSPS) is 14.8. The first-order chi connectivity index (χ1) is 12.1. The van der Waals surface area contributed by atoms with Crippen molar-refractivity contribution in [1.29, 1.82) is 0 Å². The number of amides is 2. The number of piperazine rings is 1. The predicted molar refractivity (Wildman–Crippen MR) is 104 cm³/mol. The number of aryl methyl sites for hydroxylation is 1. The standard InChI is InChI=1S/C20H22ClN3O/c1-16-5-4-7-18(15-16)23-11-13-24(14-12-23)20(25)22-10-9-17-6-2-3-8-19(17)21/h2-10,15H,11-14H2,1H3,(H,22,25)/b10-9+. The lowest BCUT2D eigenvalue weighted by molar-refractivity contribution is 0.198. The van der Waals surface area contributed by atoms with Crippen molar-refractivity contribution in [3.63, 3.8) is 0 Å². The molecule has 2 aromatic rings. The summed E-state index contributed by atoms with van der Waals surface area (Å²) < 4.78 is 0. The summed E-state index contributed by atoms with van der Waals surface area (Å²) in [6, 6.07) is 15.9. The number of carbonyl (C=O) groups excluding carboxylic acids is 1. The molecule has 1 N–H and O–H groups in total. The van der Waals surface area contributed by atoms with Crippen molar-refractivity contribution in [2.24, 2.45) is 0 Å². The predicted octanol–water partition coefficient (Wildman–Crippen LogP) is 4.15. The summed E-state index contributed by atoms with van der Waals surface area (Å²) in [6.45, 7) is 5.19. The second-order valence-electron chi connectivity index (χ2n) is 6.12. The topological polar surface area (TPSA) is 35.6 Å². The second kappa shape index (κ2) is 8.08. The van der Waals surface area contributed by atoms with Crippen molar-refractivity contribution in [3.8, 4) is 0 Å². The van der Waals surface area contributed by atoms with Crippen LogP contribution < -0.4 is 10.2 Å². The third-order valence-corrected chi connectivity index (χ3v) is 4.65. The van der Waals surface area contributed by atoms with E-state index in [1.54, 1.807) is 6.20 Å². The molecule has 1 aliphatic heterocycles. The minimum atomic E-state index is -0.0767. The first kappa shape index (κ1) is 17.4. The molecule has 5 heteroatoms. The molecular formula is C20H22ClN3O. The number of halogens is 1. The van der Waals surface area contributed by atoms with Crippen LogP contribution in [0, 0.1) is 6.92 Å². The van der Waals surface area contributed by atoms with Gasteiger partial charge < -0.3 is 15.1 Å². The molecule has 1 aliphatic rings. The summed E-state index contributed by atoms with van der Waals surface area (Å²) in [4.78, 5) is 16.4. The van der Waals surface area contributed by atoms with Gasteiger partial charge in [0, 0.05) is 43.1 Å². The van der Waals surface area contributed by atoms with E-state index in [0.29, 0.717) is 18.1 Å². The molecule has 3 rings (SSSR count). The van der Waals surface area contributed by atoms with Crippen molar-refractivity contribution < 1.29 is 4.79 Å². The zero-order valence-electron chi connectivity index (χ0n) is 14.3. The molecule has 1 heterocycles. The van der Waals surface area contributed by atoms with Crippen LogP contribution >= 0.6 is 11.6 Å². The lowest BCUT2D eigenvalue weighted by Crippen LogP contribution is -2.51. The summed E-state index contributed by atoms with van der Waals surface area (Å²) in [5, 5.41) is 3.49. The van der Waals surface area contributed by atoms with Crippen LogP contribution in [0.15, 0.2) is 54.7 Å². The monoisotopic (exact) mass is 355 g/mol. The van der Waals surface area contributed by atoms with Crippen LogP contribution in [0.5, 0.6) is 0 Å². The van der Waals surface area contributed by atoms with Gasteiger partial charge in [-0.05, 0) is 42.3 Å². The highest BCUT2D eigenvalue weighted by atomic mass is 35.5. The van der Waals surface area contributed by atoms with Crippen LogP contribution in [-0.4, -0.2) is 37.1 Å². The van der Waals surface area contributed by atoms with Gasteiger partial charge in [-0.2, -0.15) is 0 Å². The Morgan fingerprint density at radius 1 is 1.08 bits per heavy atom. The fourth-order valence-corrected chi connectivity index (χ4v) is 3.10. The van der Waals surface area contributed by atoms with E-state index in [-0.39, 0.29) is 6.03 Å². The number of hydrogen-bond acceptors (Lipinski definition) is 2. The minimum absolute atomic E-state index is 0.0767. The molecule has 0 atom stereocenters. The number of benzene rings is 2. The van der Waals surface area contributed by atoms with Gasteiger partial charge in [-0.25, -0.2) is 4.79 Å². The summed E-state index contributed by atoms with van der Waals surface area (Å²) >= 11 is 6.09. The number of nitrogens with zero attached hydrogens (tertiary/aromatic N) is 2. The molecule has 0 bridgehead atoms. The molecule has 1 fully saturated rings. The smallest absolute Gasteiger partial charge is 0.321 e. The molecule has 25 heavy (non-hydrogen) atoms. The molecule has 130 valence electrons. The van der Waals surface area contributed by atoms with Gasteiger partial charge in [-0.1, -0.05) is 41.9 Å². The van der Waals surface area contributed by atoms with Crippen molar-refractivity contribution in [2.45, 2.75) is 6.92 Å². The largest absolute Gasteiger partial charge is 0.368 e. The number of nitrogens with one attached hydrogen (secondary N) is 1. The van der Waals surface area contributed by atoms with Crippen LogP contribution in [-0.2, 0) is 0 Å². The molecule has 2 amide bonds. The number of hydrogen-bond donors (Lipinski definition) is 1. The Morgan fingerprint density at radius 2 is 1.84 bits per heavy atom. The maximum absolute atomic E-state index is 12.3. The molecule has 4 nitrogen and oxygen atoms in total. The van der Waals surface area contributed by atoms with Crippen LogP contribution in [0.1, 0.15) is 11.1 Å². The fraction of sp³-hybridized carbons (Fsp3) is 0.250. The van der Waals surface area contributed by atoms with Gasteiger partial charge in [-0.15, -0.1) is 0 Å². The maximum Gasteiger partial charge on any atom is 0.321 e. The summed E-state index contributed by atoms with van der Waals surface area (Å²) in [7, 11) is 0. The van der Waals surface area contributed by atoms with Crippen LogP contribution in [0.2, 0.25) is 5.02 Å². The van der Waals surface area contributed by atoms with Gasteiger partial charge in [0.25, 0.3) is 0 Å². The third kappa shape index (κ3) is 4.54. The van der Waals surface area contributed by atoms with E-state index in [2.05, 4.69) is 41.4 Å². The van der Waals surface area contributed by atoms with Crippen molar-refractivity contribution in [3.05, 3.63) is 70.9 Å². The zero-order chi connectivity index (χ0) is 17.6. The van der Waals surface area contributed by atoms with Crippen LogP contribution in [0.3, 0.4) is 0 Å². The molecule has 1 saturated heterocycles. The summed E-state index contributed by atoms with van der Waals surface area (Å²) in [6.07, 6.45) is 3.46. The van der Waals surface area contributed by atoms with Gasteiger partial charge in [0.15, 0.2) is 0 Å². The minimum Gasteiger partial charge on any atom is -0.368 e. The summed E-state index contributed by atoms with van der Waals surface area (Å²) in [5.74, 6) is 0. The van der Waals surface area contributed by atoms with Gasteiger partial charge in [-0.3, -0.25) is 0 Å². The number of urea groups is 1. The molecule has 0 aliphatic carbocycles. The Morgan fingerprint density at radius 3 is 2.56 bits per heavy atom. The van der Waals surface area contributed by atoms with Gasteiger partial charge in [0.1, 0.15) is 0 Å². The molecule has 2 aromatic carbocycles. The Kier molecular flexibility index (Phi) is 5.61. The first-order valence-corrected chi connectivity index (χ1v) is 8.79. The fourth-order valence-electron chi connectivity index (χ4n) is 2.90. The molecule has 0 unspecified atom stereocenters. The first-order valence-electron chi connectivity index (χ1n) is 8.41. The van der Waals surface area contributed by atoms with E-state index < -0.39 is 0 Å². The number of carbonyl (C=O) groups is 1. The van der Waals surface area contributed by atoms with E-state index in [4.69, 9.17) is 11.6 Å². The number of anilines is 1. The van der Waals surface area contributed by atoms with Crippen LogP contribution in [0.4, 0.5) is 10.5 Å². The van der Waals surface area contributed by atoms with E-state index in [1.165, 1.54) is 11.3 Å². The zero-order valence-corrected chi connectivity index (χ0v) is 15.0. The molecule has 0 saturated carbocycles. The van der Waals surface area contributed by atoms with Gasteiger partial charge in [0.05, 0.1) is 0 Å². The van der Waals surface area contributed by atoms with Crippen molar-refractivity contribution in [1.82, 2.24) is 10.2 Å². The Hall–Kier alpha value is -2.46. The highest BCUT2D eigenvalue weighted by Crippen LogP contribution is 2.18. The highest BCUT2D eigenvalue weighted by molar-refractivity contribution is 6.32. The Bertz CT molecular complexity index is 767. The molecule has 0 spiro atoms. The van der Waals surface area contributed by atoms with E-state index in [1.807, 2.05) is 35.2 Å². The average molecular weight is 356 g/mol. The van der Waals surface area contributed by atoms with E-state index in [0.717, 1.165) is 18.7 Å². The second-order valence-corrected chi connectivity index (χ2v) is 6.52. The average Bonchev–Trinajstić information content (AvgIpc) is 2.63. The maximum atomic E-state index is 12.3. The van der Waals surface area contributed by atoms with Gasteiger partial charge in [0.2, 0.25) is 0 Å². The van der Waals surface area contributed by atoms with Gasteiger partial charge >= 0.3 is 6.03 Å². The Labute approximate surface area is 153 Å². The molecule has 0 radical (unpaired) electrons. The Balaban J connectivity index is 1.51. The molecule has 0 aromatic heterocycles. The highest BCUT2D eigenvalue weighted by Gasteiger charge is 2.20. The molecular weight excluding hydrogens is 334 g/mol. The van der Waals surface area contributed by atoms with Crippen LogP contribution in [0.25, 0.3) is 6.08 Å². The number of rotatable bonds is 3.